The minimum atomic E-state index is -3.74. The van der Waals surface area contributed by atoms with Crippen LogP contribution in [-0.4, -0.2) is 42.1 Å². The van der Waals surface area contributed by atoms with Gasteiger partial charge in [0.25, 0.3) is 10.0 Å². The van der Waals surface area contributed by atoms with Crippen LogP contribution in [-0.2, 0) is 16.6 Å². The molecule has 28 heavy (non-hydrogen) atoms. The average molecular weight is 462 g/mol. The van der Waals surface area contributed by atoms with Gasteiger partial charge in [-0.05, 0) is 42.8 Å². The van der Waals surface area contributed by atoms with E-state index in [1.807, 2.05) is 25.1 Å². The Labute approximate surface area is 169 Å². The zero-order chi connectivity index (χ0) is 20.1. The van der Waals surface area contributed by atoms with Crippen molar-refractivity contribution in [2.24, 2.45) is 9.50 Å². The summed E-state index contributed by atoms with van der Waals surface area (Å²) in [5, 5.41) is 5.76. The molecule has 2 aromatic carbocycles. The SMILES string of the molecule is CCn1c(=O)[nH]c2ccc(/C=N/N(C)C3=NS(=O)(=O)c4cc(Br)ccc43)cc21. The van der Waals surface area contributed by atoms with Crippen LogP contribution in [0.5, 0.6) is 0 Å². The lowest BCUT2D eigenvalue weighted by atomic mass is 10.2. The zero-order valence-corrected chi connectivity index (χ0v) is 17.5. The van der Waals surface area contributed by atoms with E-state index in [0.29, 0.717) is 16.6 Å². The van der Waals surface area contributed by atoms with Crippen LogP contribution < -0.4 is 5.69 Å². The molecule has 1 aliphatic heterocycles. The lowest BCUT2D eigenvalue weighted by Gasteiger charge is -2.12. The van der Waals surface area contributed by atoms with Crippen LogP contribution in [0.4, 0.5) is 0 Å². The number of benzene rings is 2. The number of halogens is 1. The standard InChI is InChI=1S/C18H16BrN5O3S/c1-3-24-15-8-11(4-7-14(15)21-18(24)25)10-20-23(2)17-13-6-5-12(19)9-16(13)28(26,27)22-17/h4-10H,3H2,1-2H3,(H,21,25)/b20-10+. The Morgan fingerprint density at radius 2 is 2.07 bits per heavy atom. The fourth-order valence-corrected chi connectivity index (χ4v) is 4.88. The molecule has 3 aromatic rings. The van der Waals surface area contributed by atoms with Gasteiger partial charge in [0.1, 0.15) is 4.90 Å². The number of hydrogen-bond donors (Lipinski definition) is 1. The first-order valence-electron chi connectivity index (χ1n) is 8.45. The summed E-state index contributed by atoms with van der Waals surface area (Å²) < 4.78 is 30.7. The molecule has 2 heterocycles. The number of aryl methyl sites for hydroxylation is 1. The van der Waals surface area contributed by atoms with Crippen molar-refractivity contribution in [3.05, 3.63) is 62.5 Å². The van der Waals surface area contributed by atoms with Crippen LogP contribution in [0.1, 0.15) is 18.1 Å². The van der Waals surface area contributed by atoms with E-state index in [-0.39, 0.29) is 16.4 Å². The predicted molar refractivity (Wildman–Crippen MR) is 111 cm³/mol. The van der Waals surface area contributed by atoms with Crippen LogP contribution in [0.2, 0.25) is 0 Å². The molecule has 0 saturated heterocycles. The summed E-state index contributed by atoms with van der Waals surface area (Å²) in [6, 6.07) is 10.5. The van der Waals surface area contributed by atoms with Gasteiger partial charge in [-0.25, -0.2) is 9.80 Å². The van der Waals surface area contributed by atoms with Crippen molar-refractivity contribution in [3.8, 4) is 0 Å². The molecular weight excluding hydrogens is 446 g/mol. The van der Waals surface area contributed by atoms with Gasteiger partial charge in [0.15, 0.2) is 5.84 Å². The number of hydrazone groups is 1. The number of aromatic amines is 1. The van der Waals surface area contributed by atoms with Crippen molar-refractivity contribution < 1.29 is 8.42 Å². The molecule has 0 saturated carbocycles. The molecule has 0 atom stereocenters. The quantitative estimate of drug-likeness (QED) is 0.478. The maximum Gasteiger partial charge on any atom is 0.326 e. The molecule has 0 aliphatic carbocycles. The van der Waals surface area contributed by atoms with E-state index in [1.54, 1.807) is 30.0 Å². The van der Waals surface area contributed by atoms with Gasteiger partial charge >= 0.3 is 5.69 Å². The van der Waals surface area contributed by atoms with Gasteiger partial charge in [-0.3, -0.25) is 4.57 Å². The molecule has 0 amide bonds. The Bertz CT molecular complexity index is 1320. The second-order valence-corrected chi connectivity index (χ2v) is 8.74. The summed E-state index contributed by atoms with van der Waals surface area (Å²) in [7, 11) is -2.10. The highest BCUT2D eigenvalue weighted by molar-refractivity contribution is 9.10. The molecule has 0 bridgehead atoms. The number of H-pyrrole nitrogens is 1. The number of aromatic nitrogens is 2. The third-order valence-electron chi connectivity index (χ3n) is 4.47. The average Bonchev–Trinajstić information content (AvgIpc) is 3.12. The monoisotopic (exact) mass is 461 g/mol. The van der Waals surface area contributed by atoms with Crippen LogP contribution in [0.15, 0.2) is 60.1 Å². The second kappa shape index (κ2) is 6.71. The lowest BCUT2D eigenvalue weighted by molar-refractivity contribution is 0.549. The van der Waals surface area contributed by atoms with Crippen molar-refractivity contribution in [1.29, 1.82) is 0 Å². The lowest BCUT2D eigenvalue weighted by Crippen LogP contribution is -2.21. The van der Waals surface area contributed by atoms with Gasteiger partial charge < -0.3 is 4.98 Å². The number of rotatable bonds is 3. The molecule has 0 unspecified atom stereocenters. The topological polar surface area (TPSA) is 99.9 Å². The Kier molecular flexibility index (Phi) is 4.47. The Morgan fingerprint density at radius 3 is 2.82 bits per heavy atom. The summed E-state index contributed by atoms with van der Waals surface area (Å²) in [4.78, 5) is 14.9. The molecule has 1 aromatic heterocycles. The van der Waals surface area contributed by atoms with E-state index in [0.717, 1.165) is 16.6 Å². The summed E-state index contributed by atoms with van der Waals surface area (Å²) in [5.74, 6) is 0.256. The number of imidazole rings is 1. The first kappa shape index (κ1) is 18.6. The molecule has 1 aliphatic rings. The minimum Gasteiger partial charge on any atom is -0.306 e. The van der Waals surface area contributed by atoms with Crippen molar-refractivity contribution in [2.45, 2.75) is 18.4 Å². The highest BCUT2D eigenvalue weighted by Crippen LogP contribution is 2.30. The Hall–Kier alpha value is -2.72. The number of hydrogen-bond acceptors (Lipinski definition) is 5. The molecule has 4 rings (SSSR count). The maximum atomic E-state index is 12.3. The number of sulfonamides is 1. The number of amidine groups is 1. The van der Waals surface area contributed by atoms with Gasteiger partial charge in [0.2, 0.25) is 0 Å². The molecule has 1 N–H and O–H groups in total. The van der Waals surface area contributed by atoms with Crippen LogP contribution in [0.3, 0.4) is 0 Å². The number of nitrogens with zero attached hydrogens (tertiary/aromatic N) is 4. The van der Waals surface area contributed by atoms with Crippen molar-refractivity contribution >= 4 is 49.0 Å². The third kappa shape index (κ3) is 3.08. The molecule has 8 nitrogen and oxygen atoms in total. The van der Waals surface area contributed by atoms with Crippen molar-refractivity contribution in [3.63, 3.8) is 0 Å². The molecule has 144 valence electrons. The fourth-order valence-electron chi connectivity index (χ4n) is 3.11. The molecule has 10 heteroatoms. The van der Waals surface area contributed by atoms with Crippen molar-refractivity contribution in [1.82, 2.24) is 14.6 Å². The fraction of sp³-hybridized carbons (Fsp3) is 0.167. The van der Waals surface area contributed by atoms with Gasteiger partial charge in [0.05, 0.1) is 17.2 Å². The first-order chi connectivity index (χ1) is 13.3. The third-order valence-corrected chi connectivity index (χ3v) is 6.27. The molecule has 0 fully saturated rings. The molecule has 0 radical (unpaired) electrons. The number of fused-ring (bicyclic) bond motifs is 2. The largest absolute Gasteiger partial charge is 0.326 e. The Morgan fingerprint density at radius 1 is 1.29 bits per heavy atom. The highest BCUT2D eigenvalue weighted by atomic mass is 79.9. The second-order valence-electron chi connectivity index (χ2n) is 6.25. The summed E-state index contributed by atoms with van der Waals surface area (Å²) >= 11 is 3.28. The first-order valence-corrected chi connectivity index (χ1v) is 10.7. The minimum absolute atomic E-state index is 0.152. The van der Waals surface area contributed by atoms with Gasteiger partial charge in [-0.15, -0.1) is 4.40 Å². The highest BCUT2D eigenvalue weighted by Gasteiger charge is 2.31. The predicted octanol–water partition coefficient (Wildman–Crippen LogP) is 2.53. The van der Waals surface area contributed by atoms with E-state index < -0.39 is 10.0 Å². The molecular formula is C18H16BrN5O3S. The van der Waals surface area contributed by atoms with Crippen LogP contribution in [0.25, 0.3) is 11.0 Å². The van der Waals surface area contributed by atoms with Crippen LogP contribution in [0, 0.1) is 0 Å². The summed E-state index contributed by atoms with van der Waals surface area (Å²) in [5.41, 5.74) is 2.66. The van der Waals surface area contributed by atoms with E-state index in [4.69, 9.17) is 0 Å². The van der Waals surface area contributed by atoms with Gasteiger partial charge in [-0.2, -0.15) is 13.5 Å². The summed E-state index contributed by atoms with van der Waals surface area (Å²) in [6.07, 6.45) is 1.60. The van der Waals surface area contributed by atoms with Gasteiger partial charge in [0, 0.05) is 23.6 Å². The Balaban J connectivity index is 1.68. The van der Waals surface area contributed by atoms with Crippen molar-refractivity contribution in [2.75, 3.05) is 7.05 Å². The van der Waals surface area contributed by atoms with Crippen LogP contribution >= 0.6 is 15.9 Å². The molecule has 0 spiro atoms. The maximum absolute atomic E-state index is 12.3. The zero-order valence-electron chi connectivity index (χ0n) is 15.0. The summed E-state index contributed by atoms with van der Waals surface area (Å²) in [6.45, 7) is 2.46. The van der Waals surface area contributed by atoms with E-state index in [9.17, 15) is 13.2 Å². The van der Waals surface area contributed by atoms with E-state index in [2.05, 4.69) is 30.4 Å². The smallest absolute Gasteiger partial charge is 0.306 e. The number of nitrogens with one attached hydrogen (secondary N) is 1. The van der Waals surface area contributed by atoms with E-state index >= 15 is 0 Å². The van der Waals surface area contributed by atoms with Gasteiger partial charge in [-0.1, -0.05) is 22.0 Å². The normalized spacial score (nSPS) is 15.2. The van der Waals surface area contributed by atoms with E-state index in [1.165, 1.54) is 11.1 Å².